The SMILES string of the molecule is Cc1cc(C)nc(N[C@@H]2CCO[C@]3(CCSC3)C2)n1. The van der Waals surface area contributed by atoms with Crippen molar-refractivity contribution >= 4 is 17.7 Å². The quantitative estimate of drug-likeness (QED) is 0.901. The summed E-state index contributed by atoms with van der Waals surface area (Å²) in [7, 11) is 0. The van der Waals surface area contributed by atoms with Gasteiger partial charge in [0.1, 0.15) is 0 Å². The molecule has 1 aromatic heterocycles. The van der Waals surface area contributed by atoms with Crippen molar-refractivity contribution in [3.63, 3.8) is 0 Å². The van der Waals surface area contributed by atoms with E-state index in [4.69, 9.17) is 4.74 Å². The Labute approximate surface area is 118 Å². The molecule has 2 aliphatic rings. The van der Waals surface area contributed by atoms with E-state index in [9.17, 15) is 0 Å². The van der Waals surface area contributed by atoms with Gasteiger partial charge in [-0.1, -0.05) is 0 Å². The van der Waals surface area contributed by atoms with E-state index in [1.54, 1.807) is 0 Å². The lowest BCUT2D eigenvalue weighted by Gasteiger charge is -2.38. The predicted octanol–water partition coefficient (Wildman–Crippen LogP) is 2.56. The summed E-state index contributed by atoms with van der Waals surface area (Å²) in [4.78, 5) is 8.95. The molecule has 0 amide bonds. The number of anilines is 1. The van der Waals surface area contributed by atoms with Crippen LogP contribution < -0.4 is 5.32 Å². The molecule has 2 saturated heterocycles. The summed E-state index contributed by atoms with van der Waals surface area (Å²) in [5.74, 6) is 3.14. The van der Waals surface area contributed by atoms with Gasteiger partial charge in [0, 0.05) is 29.8 Å². The third-order valence-electron chi connectivity index (χ3n) is 3.88. The van der Waals surface area contributed by atoms with Crippen LogP contribution in [0.1, 0.15) is 30.7 Å². The van der Waals surface area contributed by atoms with Crippen molar-refractivity contribution in [3.05, 3.63) is 17.5 Å². The number of aromatic nitrogens is 2. The summed E-state index contributed by atoms with van der Waals surface area (Å²) in [5, 5.41) is 3.50. The Bertz CT molecular complexity index is 440. The fourth-order valence-corrected chi connectivity index (χ4v) is 4.37. The first-order chi connectivity index (χ1) is 9.15. The minimum atomic E-state index is 0.111. The Morgan fingerprint density at radius 1 is 1.37 bits per heavy atom. The fraction of sp³-hybridized carbons (Fsp3) is 0.714. The molecule has 2 atom stereocenters. The average molecular weight is 279 g/mol. The normalized spacial score (nSPS) is 30.7. The maximum absolute atomic E-state index is 6.04. The Morgan fingerprint density at radius 2 is 2.16 bits per heavy atom. The maximum Gasteiger partial charge on any atom is 0.223 e. The van der Waals surface area contributed by atoms with Crippen LogP contribution in [0.15, 0.2) is 6.07 Å². The van der Waals surface area contributed by atoms with E-state index >= 15 is 0 Å². The van der Waals surface area contributed by atoms with Gasteiger partial charge >= 0.3 is 0 Å². The van der Waals surface area contributed by atoms with Crippen molar-refractivity contribution in [1.29, 1.82) is 0 Å². The Hall–Kier alpha value is -0.810. The Kier molecular flexibility index (Phi) is 3.67. The molecule has 0 radical (unpaired) electrons. The van der Waals surface area contributed by atoms with E-state index in [-0.39, 0.29) is 5.60 Å². The molecular formula is C14H21N3OS. The van der Waals surface area contributed by atoms with E-state index in [0.29, 0.717) is 6.04 Å². The van der Waals surface area contributed by atoms with Crippen molar-refractivity contribution < 1.29 is 4.74 Å². The zero-order chi connectivity index (χ0) is 13.3. The Balaban J connectivity index is 1.69. The molecule has 1 N–H and O–H groups in total. The van der Waals surface area contributed by atoms with Crippen LogP contribution in [-0.4, -0.2) is 39.7 Å². The molecule has 104 valence electrons. The highest BCUT2D eigenvalue weighted by Crippen LogP contribution is 2.38. The molecule has 0 saturated carbocycles. The number of hydrogen-bond acceptors (Lipinski definition) is 5. The summed E-state index contributed by atoms with van der Waals surface area (Å²) in [6.45, 7) is 4.88. The molecule has 0 aliphatic carbocycles. The second-order valence-corrected chi connectivity index (χ2v) is 6.75. The highest BCUT2D eigenvalue weighted by atomic mass is 32.2. The summed E-state index contributed by atoms with van der Waals surface area (Å²) in [6, 6.07) is 2.44. The van der Waals surface area contributed by atoms with Crippen molar-refractivity contribution in [2.75, 3.05) is 23.4 Å². The van der Waals surface area contributed by atoms with Crippen molar-refractivity contribution in [2.45, 2.75) is 44.8 Å². The monoisotopic (exact) mass is 279 g/mol. The van der Waals surface area contributed by atoms with Gasteiger partial charge in [-0.25, -0.2) is 9.97 Å². The molecule has 0 unspecified atom stereocenters. The first kappa shape index (κ1) is 13.2. The van der Waals surface area contributed by atoms with E-state index in [0.717, 1.165) is 42.5 Å². The van der Waals surface area contributed by atoms with Gasteiger partial charge in [-0.2, -0.15) is 11.8 Å². The fourth-order valence-electron chi connectivity index (χ4n) is 2.99. The van der Waals surface area contributed by atoms with Crippen molar-refractivity contribution in [3.8, 4) is 0 Å². The van der Waals surface area contributed by atoms with Crippen LogP contribution in [0, 0.1) is 13.8 Å². The highest BCUT2D eigenvalue weighted by Gasteiger charge is 2.40. The lowest BCUT2D eigenvalue weighted by Crippen LogP contribution is -2.44. The van der Waals surface area contributed by atoms with Crippen LogP contribution in [0.5, 0.6) is 0 Å². The number of nitrogens with zero attached hydrogens (tertiary/aromatic N) is 2. The molecule has 2 aliphatic heterocycles. The number of ether oxygens (including phenoxy) is 1. The molecule has 5 heteroatoms. The van der Waals surface area contributed by atoms with E-state index in [1.807, 2.05) is 31.7 Å². The number of rotatable bonds is 2. The van der Waals surface area contributed by atoms with Gasteiger partial charge in [-0.05, 0) is 44.9 Å². The summed E-state index contributed by atoms with van der Waals surface area (Å²) < 4.78 is 6.04. The first-order valence-corrected chi connectivity index (χ1v) is 8.11. The molecule has 2 fully saturated rings. The smallest absolute Gasteiger partial charge is 0.223 e. The molecule has 3 heterocycles. The maximum atomic E-state index is 6.04. The summed E-state index contributed by atoms with van der Waals surface area (Å²) >= 11 is 2.01. The average Bonchev–Trinajstić information content (AvgIpc) is 2.76. The zero-order valence-corrected chi connectivity index (χ0v) is 12.4. The van der Waals surface area contributed by atoms with Gasteiger partial charge < -0.3 is 10.1 Å². The van der Waals surface area contributed by atoms with Crippen LogP contribution in [0.25, 0.3) is 0 Å². The number of thioether (sulfide) groups is 1. The largest absolute Gasteiger partial charge is 0.374 e. The van der Waals surface area contributed by atoms with Gasteiger partial charge in [0.25, 0.3) is 0 Å². The van der Waals surface area contributed by atoms with Crippen molar-refractivity contribution in [1.82, 2.24) is 9.97 Å². The third kappa shape index (κ3) is 3.03. The third-order valence-corrected chi connectivity index (χ3v) is 5.10. The molecule has 1 spiro atoms. The van der Waals surface area contributed by atoms with E-state index < -0.39 is 0 Å². The standard InChI is InChI=1S/C14H21N3OS/c1-10-7-11(2)16-13(15-10)17-12-3-5-18-14(8-12)4-6-19-9-14/h7,12H,3-6,8-9H2,1-2H3,(H,15,16,17)/t12-,14-/m1/s1. The van der Waals surface area contributed by atoms with Crippen LogP contribution in [0.2, 0.25) is 0 Å². The van der Waals surface area contributed by atoms with Gasteiger partial charge in [0.05, 0.1) is 5.60 Å². The molecule has 1 aromatic rings. The minimum absolute atomic E-state index is 0.111. The number of nitrogens with one attached hydrogen (secondary N) is 1. The molecule has 4 nitrogen and oxygen atoms in total. The zero-order valence-electron chi connectivity index (χ0n) is 11.6. The number of aryl methyl sites for hydroxylation is 2. The van der Waals surface area contributed by atoms with Crippen LogP contribution in [-0.2, 0) is 4.74 Å². The Morgan fingerprint density at radius 3 is 2.84 bits per heavy atom. The lowest BCUT2D eigenvalue weighted by molar-refractivity contribution is -0.0628. The molecule has 3 rings (SSSR count). The number of hydrogen-bond donors (Lipinski definition) is 1. The van der Waals surface area contributed by atoms with Gasteiger partial charge in [-0.15, -0.1) is 0 Å². The topological polar surface area (TPSA) is 47.0 Å². The lowest BCUT2D eigenvalue weighted by atomic mass is 9.90. The molecule has 0 aromatic carbocycles. The highest BCUT2D eigenvalue weighted by molar-refractivity contribution is 7.99. The second kappa shape index (κ2) is 5.29. The summed E-state index contributed by atoms with van der Waals surface area (Å²) in [6.07, 6.45) is 3.31. The van der Waals surface area contributed by atoms with Crippen LogP contribution in [0.4, 0.5) is 5.95 Å². The van der Waals surface area contributed by atoms with Crippen molar-refractivity contribution in [2.24, 2.45) is 0 Å². The molecule has 19 heavy (non-hydrogen) atoms. The van der Waals surface area contributed by atoms with Crippen LogP contribution in [0.3, 0.4) is 0 Å². The first-order valence-electron chi connectivity index (χ1n) is 6.96. The van der Waals surface area contributed by atoms with Crippen LogP contribution >= 0.6 is 11.8 Å². The van der Waals surface area contributed by atoms with E-state index in [1.165, 1.54) is 12.2 Å². The van der Waals surface area contributed by atoms with Gasteiger partial charge in [-0.3, -0.25) is 0 Å². The van der Waals surface area contributed by atoms with E-state index in [2.05, 4.69) is 15.3 Å². The van der Waals surface area contributed by atoms with Gasteiger partial charge in [0.2, 0.25) is 5.95 Å². The minimum Gasteiger partial charge on any atom is -0.374 e. The molecule has 0 bridgehead atoms. The van der Waals surface area contributed by atoms with Gasteiger partial charge in [0.15, 0.2) is 0 Å². The molecular weight excluding hydrogens is 258 g/mol. The second-order valence-electron chi connectivity index (χ2n) is 5.64. The summed E-state index contributed by atoms with van der Waals surface area (Å²) in [5.41, 5.74) is 2.15. The predicted molar refractivity (Wildman–Crippen MR) is 78.8 cm³/mol.